The smallest absolute Gasteiger partial charge is 0.396 e. The molecule has 2 aliphatic heterocycles. The molecule has 0 radical (unpaired) electrons. The van der Waals surface area contributed by atoms with Crippen LogP contribution in [0.25, 0.3) is 5.57 Å². The van der Waals surface area contributed by atoms with Gasteiger partial charge in [0, 0.05) is 24.0 Å². The maximum atomic E-state index is 15.0. The highest BCUT2D eigenvalue weighted by molar-refractivity contribution is 7.52. The third-order valence-corrected chi connectivity index (χ3v) is 11.2. The molecule has 0 saturated heterocycles. The molecule has 6 nitrogen and oxygen atoms in total. The van der Waals surface area contributed by atoms with Crippen molar-refractivity contribution >= 4 is 26.4 Å². The van der Waals surface area contributed by atoms with Gasteiger partial charge in [-0.05, 0) is 48.7 Å². The van der Waals surface area contributed by atoms with E-state index in [0.29, 0.717) is 18.0 Å². The van der Waals surface area contributed by atoms with E-state index < -0.39 is 14.6 Å². The average Bonchev–Trinajstić information content (AvgIpc) is 3.73. The van der Waals surface area contributed by atoms with Crippen molar-refractivity contribution in [3.63, 3.8) is 0 Å². The predicted molar refractivity (Wildman–Crippen MR) is 197 cm³/mol. The van der Waals surface area contributed by atoms with Gasteiger partial charge >= 0.3 is 14.6 Å². The number of aromatic nitrogens is 1. The second kappa shape index (κ2) is 18.6. The van der Waals surface area contributed by atoms with Crippen molar-refractivity contribution in [1.82, 2.24) is 4.48 Å². The molecule has 1 N–H and O–H groups in total. The Morgan fingerprint density at radius 3 is 1.92 bits per heavy atom. The van der Waals surface area contributed by atoms with E-state index in [0.717, 1.165) is 56.8 Å². The number of unbranched alkanes of at least 4 members (excludes halogenated alkanes) is 15. The number of rotatable bonds is 24. The lowest BCUT2D eigenvalue weighted by Gasteiger charge is -2.30. The van der Waals surface area contributed by atoms with Crippen molar-refractivity contribution < 1.29 is 31.6 Å². The van der Waals surface area contributed by atoms with E-state index in [1.807, 2.05) is 21.1 Å². The largest absolute Gasteiger partial charge is 0.737 e. The molecule has 3 heterocycles. The number of nitrogens with zero attached hydrogens (tertiary/aromatic N) is 3. The molecule has 0 aliphatic carbocycles. The third kappa shape index (κ3) is 11.9. The second-order valence-corrected chi connectivity index (χ2v) is 16.9. The van der Waals surface area contributed by atoms with E-state index in [1.54, 1.807) is 24.3 Å². The Kier molecular flexibility index (Phi) is 14.9. The van der Waals surface area contributed by atoms with Gasteiger partial charge in [-0.25, -0.2) is 0 Å². The van der Waals surface area contributed by atoms with Gasteiger partial charge in [0.25, 0.3) is 0 Å². The van der Waals surface area contributed by atoms with Gasteiger partial charge in [0.2, 0.25) is 0 Å². The lowest BCUT2D eigenvalue weighted by atomic mass is 9.86. The van der Waals surface area contributed by atoms with E-state index in [1.165, 1.54) is 101 Å². The Morgan fingerprint density at radius 1 is 0.812 bits per heavy atom. The minimum Gasteiger partial charge on any atom is -0.396 e. The van der Waals surface area contributed by atoms with E-state index >= 15 is 8.63 Å². The summed E-state index contributed by atoms with van der Waals surface area (Å²) in [5.41, 5.74) is 4.29. The highest BCUT2D eigenvalue weighted by atomic mass is 31.2. The molecule has 0 fully saturated rings. The zero-order valence-corrected chi connectivity index (χ0v) is 30.7. The van der Waals surface area contributed by atoms with Crippen LogP contribution in [0.1, 0.15) is 120 Å². The molecule has 4 rings (SSSR count). The molecule has 266 valence electrons. The van der Waals surface area contributed by atoms with Gasteiger partial charge in [-0.3, -0.25) is 4.57 Å². The number of likely N-dealkylation sites (N-methyl/N-ethyl adjacent to an activating group) is 1. The fraction of sp³-hybridized carbons (Fsp3) is 0.605. The van der Waals surface area contributed by atoms with Crippen LogP contribution in [0.2, 0.25) is 0 Å². The lowest BCUT2D eigenvalue weighted by Crippen LogP contribution is -2.49. The van der Waals surface area contributed by atoms with Crippen LogP contribution in [0.15, 0.2) is 60.4 Å². The minimum absolute atomic E-state index is 0.280. The van der Waals surface area contributed by atoms with Gasteiger partial charge in [-0.2, -0.15) is 0 Å². The third-order valence-electron chi connectivity index (χ3n) is 9.69. The fourth-order valence-electron chi connectivity index (χ4n) is 6.79. The normalized spacial score (nSPS) is 16.6. The summed E-state index contributed by atoms with van der Waals surface area (Å²) >= 11 is 0. The second-order valence-electron chi connectivity index (χ2n) is 14.9. The number of benzene rings is 1. The number of aryl methyl sites for hydroxylation is 1. The van der Waals surface area contributed by atoms with Crippen molar-refractivity contribution in [3.05, 3.63) is 77.3 Å². The van der Waals surface area contributed by atoms with Crippen molar-refractivity contribution in [2.75, 3.05) is 40.5 Å². The first-order valence-corrected chi connectivity index (χ1v) is 20.3. The Hall–Kier alpha value is -2.32. The van der Waals surface area contributed by atoms with E-state index in [2.05, 4.69) is 24.3 Å². The van der Waals surface area contributed by atoms with Gasteiger partial charge in [0.05, 0.1) is 26.7 Å². The lowest BCUT2D eigenvalue weighted by molar-refractivity contribution is -0.870. The first-order valence-electron chi connectivity index (χ1n) is 18.6. The molecule has 0 spiro atoms. The van der Waals surface area contributed by atoms with Crippen molar-refractivity contribution in [1.29, 1.82) is 0 Å². The molecule has 1 unspecified atom stereocenters. The van der Waals surface area contributed by atoms with Gasteiger partial charge in [0.15, 0.2) is 5.70 Å². The summed E-state index contributed by atoms with van der Waals surface area (Å²) in [6, 6.07) is 12.0. The monoisotopic (exact) mass is 686 g/mol. The molecule has 1 atom stereocenters. The van der Waals surface area contributed by atoms with Gasteiger partial charge in [0.1, 0.15) is 19.4 Å². The summed E-state index contributed by atoms with van der Waals surface area (Å²) < 4.78 is 50.4. The molecule has 0 bridgehead atoms. The fourth-order valence-corrected chi connectivity index (χ4v) is 7.91. The Morgan fingerprint density at radius 2 is 1.35 bits per heavy atom. The summed E-state index contributed by atoms with van der Waals surface area (Å²) in [6.07, 6.45) is 27.6. The average molecular weight is 687 g/mol. The number of hydrogen-bond acceptors (Lipinski definition) is 2. The summed E-state index contributed by atoms with van der Waals surface area (Å²) in [7, 11) is 2.72. The summed E-state index contributed by atoms with van der Waals surface area (Å²) in [4.78, 5) is 9.97. The van der Waals surface area contributed by atoms with Crippen LogP contribution < -0.4 is 0 Å². The standard InChI is InChI=1S/C38H59BF2N3O3P/c1-44(2,3)31-32-47-48(45,46)33-19-17-15-13-11-9-7-5-4-6-8-10-12-14-16-18-22-34-25-27-35(28-26-34)38-36-23-20-29-42(36)39(40,41)43-30-21-24-37(38)43/h20-21,23-30H,4-19,22,31-33H2,1-3H3/p+1. The number of quaternary nitrogens is 1. The molecular weight excluding hydrogens is 626 g/mol. The van der Waals surface area contributed by atoms with E-state index in [-0.39, 0.29) is 6.16 Å². The number of hydrogen-bond donors (Lipinski definition) is 1. The van der Waals surface area contributed by atoms with Crippen molar-refractivity contribution in [2.24, 2.45) is 0 Å². The maximum Gasteiger partial charge on any atom is 0.737 e. The van der Waals surface area contributed by atoms with Gasteiger partial charge in [-0.15, -0.1) is 0 Å². The zero-order valence-electron chi connectivity index (χ0n) is 29.8. The Bertz CT molecular complexity index is 1430. The van der Waals surface area contributed by atoms with E-state index in [9.17, 15) is 9.46 Å². The van der Waals surface area contributed by atoms with Crippen LogP contribution in [0.3, 0.4) is 0 Å². The van der Waals surface area contributed by atoms with Crippen LogP contribution in [0, 0.1) is 0 Å². The van der Waals surface area contributed by atoms with Crippen molar-refractivity contribution in [2.45, 2.75) is 109 Å². The zero-order chi connectivity index (χ0) is 34.5. The molecule has 2 aromatic rings. The summed E-state index contributed by atoms with van der Waals surface area (Å²) in [5.74, 6) is 0. The highest BCUT2D eigenvalue weighted by Gasteiger charge is 2.51. The Labute approximate surface area is 288 Å². The van der Waals surface area contributed by atoms with Gasteiger partial charge < -0.3 is 31.5 Å². The summed E-state index contributed by atoms with van der Waals surface area (Å²) in [5, 5.41) is 0. The molecule has 0 saturated carbocycles. The number of halogens is 2. The molecule has 2 aliphatic rings. The maximum absolute atomic E-state index is 15.0. The predicted octanol–water partition coefficient (Wildman–Crippen LogP) is 9.83. The molecule has 1 aromatic carbocycles. The molecule has 10 heteroatoms. The molecule has 0 amide bonds. The Balaban J connectivity index is 0.957. The molecule has 48 heavy (non-hydrogen) atoms. The minimum atomic E-state index is -3.86. The quantitative estimate of drug-likeness (QED) is 0.0518. The molecule has 1 aromatic heterocycles. The number of allylic oxidation sites excluding steroid dienone is 2. The van der Waals surface area contributed by atoms with E-state index in [4.69, 9.17) is 4.52 Å². The topological polar surface area (TPSA) is 54.5 Å². The molecular formula is C38H60BF2N3O3P+. The SMILES string of the molecule is C[N+](C)(C)CCOP(=O)(O)CCCCCCCCCCCCCCCCCCc1ccc(C2=C3C=CC=[N+]3[B-](F)(F)n3cccc32)cc1. The first-order chi connectivity index (χ1) is 23.0. The number of fused-ring (bicyclic) bond motifs is 2. The van der Waals surface area contributed by atoms with Crippen LogP contribution in [0.4, 0.5) is 8.63 Å². The van der Waals surface area contributed by atoms with Crippen LogP contribution in [0.5, 0.6) is 0 Å². The first kappa shape index (κ1) is 38.5. The summed E-state index contributed by atoms with van der Waals surface area (Å²) in [6.45, 7) is -2.79. The van der Waals surface area contributed by atoms with Crippen molar-refractivity contribution in [3.8, 4) is 0 Å². The van der Waals surface area contributed by atoms with Crippen LogP contribution in [-0.4, -0.2) is 72.0 Å². The highest BCUT2D eigenvalue weighted by Crippen LogP contribution is 2.43. The van der Waals surface area contributed by atoms with Crippen LogP contribution >= 0.6 is 7.60 Å². The van der Waals surface area contributed by atoms with Crippen LogP contribution in [-0.2, 0) is 15.5 Å². The van der Waals surface area contributed by atoms with Gasteiger partial charge in [-0.1, -0.05) is 114 Å².